The minimum atomic E-state index is -0.298. The van der Waals surface area contributed by atoms with Crippen LogP contribution in [0.4, 0.5) is 5.82 Å². The molecule has 5 aromatic rings. The van der Waals surface area contributed by atoms with Gasteiger partial charge in [-0.3, -0.25) is 14.2 Å². The minimum Gasteiger partial charge on any atom is -0.383 e. The van der Waals surface area contributed by atoms with Gasteiger partial charge in [-0.1, -0.05) is 12.6 Å². The fourth-order valence-electron chi connectivity index (χ4n) is 5.09. The molecular weight excluding hydrogens is 506 g/mol. The van der Waals surface area contributed by atoms with Crippen molar-refractivity contribution in [1.82, 2.24) is 39.5 Å². The number of imidazole rings is 1. The van der Waals surface area contributed by atoms with E-state index in [1.165, 1.54) is 11.0 Å². The molecular formula is C29H27N9O2. The van der Waals surface area contributed by atoms with Crippen LogP contribution >= 0.6 is 0 Å². The number of benzene rings is 1. The van der Waals surface area contributed by atoms with Crippen molar-refractivity contribution in [3.05, 3.63) is 90.9 Å². The summed E-state index contributed by atoms with van der Waals surface area (Å²) in [7, 11) is 1.58. The minimum absolute atomic E-state index is 0.0318. The first kappa shape index (κ1) is 25.0. The average Bonchev–Trinajstić information content (AvgIpc) is 3.71. The molecule has 0 unspecified atom stereocenters. The zero-order chi connectivity index (χ0) is 27.8. The van der Waals surface area contributed by atoms with Crippen LogP contribution in [0, 0.1) is 0 Å². The highest BCUT2D eigenvalue weighted by molar-refractivity contribution is 5.90. The van der Waals surface area contributed by atoms with E-state index in [0.717, 1.165) is 29.7 Å². The van der Waals surface area contributed by atoms with Gasteiger partial charge in [0, 0.05) is 31.3 Å². The second kappa shape index (κ2) is 10.1. The number of aromatic nitrogens is 6. The number of carbonyl (C=O) groups is 2. The molecule has 0 aliphatic heterocycles. The summed E-state index contributed by atoms with van der Waals surface area (Å²) >= 11 is 0. The van der Waals surface area contributed by atoms with Crippen LogP contribution in [0.2, 0.25) is 0 Å². The monoisotopic (exact) mass is 533 g/mol. The Balaban J connectivity index is 1.39. The molecule has 1 atom stereocenters. The van der Waals surface area contributed by atoms with Crippen LogP contribution in [0.3, 0.4) is 0 Å². The maximum atomic E-state index is 12.6. The van der Waals surface area contributed by atoms with Gasteiger partial charge in [0.15, 0.2) is 17.3 Å². The van der Waals surface area contributed by atoms with Crippen molar-refractivity contribution in [2.75, 3.05) is 19.3 Å². The number of hydrogen-bond donors (Lipinski definition) is 2. The van der Waals surface area contributed by atoms with E-state index in [-0.39, 0.29) is 24.4 Å². The average molecular weight is 534 g/mol. The van der Waals surface area contributed by atoms with Crippen LogP contribution < -0.4 is 11.1 Å². The second-order valence-corrected chi connectivity index (χ2v) is 9.61. The van der Waals surface area contributed by atoms with Crippen molar-refractivity contribution in [3.8, 4) is 22.9 Å². The third-order valence-electron chi connectivity index (χ3n) is 7.04. The van der Waals surface area contributed by atoms with Crippen molar-refractivity contribution < 1.29 is 9.59 Å². The number of carbonyl (C=O) groups excluding carboxylic acids is 2. The number of anilines is 1. The van der Waals surface area contributed by atoms with Crippen molar-refractivity contribution in [2.45, 2.75) is 18.9 Å². The number of nitrogens with one attached hydrogen (secondary N) is 1. The van der Waals surface area contributed by atoms with Crippen LogP contribution in [0.15, 0.2) is 79.8 Å². The van der Waals surface area contributed by atoms with E-state index in [1.54, 1.807) is 24.1 Å². The number of amides is 2. The van der Waals surface area contributed by atoms with E-state index in [2.05, 4.69) is 28.0 Å². The molecule has 200 valence electrons. The topological polar surface area (TPSA) is 137 Å². The molecule has 3 N–H and O–H groups in total. The Morgan fingerprint density at radius 1 is 1.18 bits per heavy atom. The van der Waals surface area contributed by atoms with Crippen molar-refractivity contribution >= 4 is 28.8 Å². The molecule has 40 heavy (non-hydrogen) atoms. The van der Waals surface area contributed by atoms with Gasteiger partial charge >= 0.3 is 0 Å². The molecule has 1 aliphatic rings. The zero-order valence-electron chi connectivity index (χ0n) is 21.9. The number of hydrogen-bond acceptors (Lipinski definition) is 7. The van der Waals surface area contributed by atoms with E-state index in [9.17, 15) is 9.59 Å². The van der Waals surface area contributed by atoms with Crippen LogP contribution in [-0.4, -0.2) is 59.6 Å². The Labute approximate surface area is 230 Å². The van der Waals surface area contributed by atoms with Crippen LogP contribution in [0.1, 0.15) is 23.6 Å². The maximum absolute atomic E-state index is 12.6. The van der Waals surface area contributed by atoms with Gasteiger partial charge in [0.1, 0.15) is 11.3 Å². The van der Waals surface area contributed by atoms with Crippen molar-refractivity contribution in [1.29, 1.82) is 0 Å². The van der Waals surface area contributed by atoms with Gasteiger partial charge in [-0.25, -0.2) is 19.6 Å². The molecule has 1 aromatic carbocycles. The molecule has 4 aromatic heterocycles. The SMILES string of the molecule is C=CC(=O)N(C)CC(=O)N[C@H]1CCc2cc(-n3c(-c4cccnc4N)nc4ccc(-n5cccn5)nc43)ccc21. The summed E-state index contributed by atoms with van der Waals surface area (Å²) in [6.45, 7) is 3.44. The molecule has 4 heterocycles. The Morgan fingerprint density at radius 2 is 2.05 bits per heavy atom. The van der Waals surface area contributed by atoms with E-state index in [0.29, 0.717) is 34.2 Å². The standard InChI is InChI=1S/C29H27N9O2/c1-3-26(40)36(2)17-25(39)33-22-10-7-18-16-19(8-9-20(18)22)38-28(21-6-4-13-31-27(21)30)34-23-11-12-24(35-29(23)38)37-15-5-14-32-37/h3-6,8-9,11-16,22H,1,7,10,17H2,2H3,(H2,30,31)(H,33,39)/t22-/m0/s1. The fraction of sp³-hybridized carbons (Fsp3) is 0.172. The number of nitrogens with two attached hydrogens (primary N) is 1. The molecule has 11 heteroatoms. The lowest BCUT2D eigenvalue weighted by Crippen LogP contribution is -2.38. The van der Waals surface area contributed by atoms with E-state index >= 15 is 0 Å². The Bertz CT molecular complexity index is 1760. The zero-order valence-corrected chi connectivity index (χ0v) is 21.9. The Morgan fingerprint density at radius 3 is 2.83 bits per heavy atom. The van der Waals surface area contributed by atoms with Gasteiger partial charge in [0.25, 0.3) is 0 Å². The molecule has 1 aliphatic carbocycles. The Kier molecular flexibility index (Phi) is 6.31. The smallest absolute Gasteiger partial charge is 0.246 e. The second-order valence-electron chi connectivity index (χ2n) is 9.61. The number of likely N-dealkylation sites (N-methyl/N-ethyl adjacent to an activating group) is 1. The summed E-state index contributed by atoms with van der Waals surface area (Å²) in [6.07, 6.45) is 7.94. The lowest BCUT2D eigenvalue weighted by atomic mass is 10.1. The molecule has 0 fully saturated rings. The van der Waals surface area contributed by atoms with E-state index in [4.69, 9.17) is 15.7 Å². The predicted octanol–water partition coefficient (Wildman–Crippen LogP) is 3.00. The molecule has 0 radical (unpaired) electrons. The third kappa shape index (κ3) is 4.47. The molecule has 2 amide bonds. The van der Waals surface area contributed by atoms with Crippen LogP contribution in [0.5, 0.6) is 0 Å². The van der Waals surface area contributed by atoms with E-state index in [1.807, 2.05) is 53.2 Å². The summed E-state index contributed by atoms with van der Waals surface area (Å²) in [4.78, 5) is 39.8. The molecule has 11 nitrogen and oxygen atoms in total. The van der Waals surface area contributed by atoms with E-state index < -0.39 is 0 Å². The Hall–Kier alpha value is -5.32. The normalized spacial score (nSPS) is 14.2. The summed E-state index contributed by atoms with van der Waals surface area (Å²) in [5.74, 6) is 1.14. The van der Waals surface area contributed by atoms with Gasteiger partial charge in [0.2, 0.25) is 11.8 Å². The lowest BCUT2D eigenvalue weighted by Gasteiger charge is -2.19. The largest absolute Gasteiger partial charge is 0.383 e. The number of aryl methyl sites for hydroxylation is 1. The first-order valence-corrected chi connectivity index (χ1v) is 12.8. The summed E-state index contributed by atoms with van der Waals surface area (Å²) in [5, 5.41) is 7.38. The molecule has 0 saturated heterocycles. The van der Waals surface area contributed by atoms with Gasteiger partial charge in [0.05, 0.1) is 18.2 Å². The summed E-state index contributed by atoms with van der Waals surface area (Å²) in [5.41, 5.74) is 11.4. The van der Waals surface area contributed by atoms with Gasteiger partial charge in [-0.15, -0.1) is 0 Å². The summed E-state index contributed by atoms with van der Waals surface area (Å²) < 4.78 is 3.68. The predicted molar refractivity (Wildman–Crippen MR) is 151 cm³/mol. The maximum Gasteiger partial charge on any atom is 0.246 e. The van der Waals surface area contributed by atoms with Crippen LogP contribution in [-0.2, 0) is 16.0 Å². The number of fused-ring (bicyclic) bond motifs is 2. The quantitative estimate of drug-likeness (QED) is 0.307. The molecule has 6 rings (SSSR count). The summed E-state index contributed by atoms with van der Waals surface area (Å²) in [6, 6.07) is 15.3. The van der Waals surface area contributed by atoms with Gasteiger partial charge in [-0.05, 0) is 72.5 Å². The van der Waals surface area contributed by atoms with Crippen LogP contribution in [0.25, 0.3) is 34.1 Å². The highest BCUT2D eigenvalue weighted by atomic mass is 16.2. The number of pyridine rings is 2. The lowest BCUT2D eigenvalue weighted by molar-refractivity contribution is -0.131. The van der Waals surface area contributed by atoms with Crippen molar-refractivity contribution in [2.24, 2.45) is 0 Å². The fourth-order valence-corrected chi connectivity index (χ4v) is 5.09. The third-order valence-corrected chi connectivity index (χ3v) is 7.04. The van der Waals surface area contributed by atoms with Gasteiger partial charge < -0.3 is 16.0 Å². The highest BCUT2D eigenvalue weighted by Crippen LogP contribution is 2.36. The number of rotatable bonds is 7. The highest BCUT2D eigenvalue weighted by Gasteiger charge is 2.26. The van der Waals surface area contributed by atoms with Crippen molar-refractivity contribution in [3.63, 3.8) is 0 Å². The number of nitrogens with zero attached hydrogens (tertiary/aromatic N) is 7. The molecule has 0 bridgehead atoms. The number of nitrogen functional groups attached to an aromatic ring is 1. The molecule has 0 spiro atoms. The first-order chi connectivity index (χ1) is 19.4. The molecule has 0 saturated carbocycles. The van der Waals surface area contributed by atoms with Gasteiger partial charge in [-0.2, -0.15) is 5.10 Å². The first-order valence-electron chi connectivity index (χ1n) is 12.8.